The van der Waals surface area contributed by atoms with Gasteiger partial charge in [-0.3, -0.25) is 9.52 Å². The first kappa shape index (κ1) is 20.8. The Balaban J connectivity index is 1.66. The fourth-order valence-electron chi connectivity index (χ4n) is 2.54. The molecule has 1 amide bonds. The lowest BCUT2D eigenvalue weighted by Gasteiger charge is -2.08. The van der Waals surface area contributed by atoms with E-state index in [-0.39, 0.29) is 10.1 Å². The highest BCUT2D eigenvalue weighted by Gasteiger charge is 2.15. The number of hydrogen-bond acceptors (Lipinski definition) is 5. The van der Waals surface area contributed by atoms with Crippen molar-refractivity contribution < 1.29 is 13.2 Å². The Hall–Kier alpha value is -2.97. The number of nitrogens with zero attached hydrogens (tertiary/aromatic N) is 1. The maximum atomic E-state index is 12.3. The van der Waals surface area contributed by atoms with Gasteiger partial charge in [-0.05, 0) is 79.2 Å². The minimum atomic E-state index is -3.62. The van der Waals surface area contributed by atoms with E-state index in [4.69, 9.17) is 0 Å². The summed E-state index contributed by atoms with van der Waals surface area (Å²) in [6.07, 6.45) is 0. The molecular formula is C21H21N3O3S2. The molecule has 0 radical (unpaired) electrons. The van der Waals surface area contributed by atoms with E-state index in [1.807, 2.05) is 39.0 Å². The van der Waals surface area contributed by atoms with Gasteiger partial charge in [0.05, 0.1) is 5.71 Å². The number of rotatable bonds is 6. The number of aryl methyl sites for hydroxylation is 2. The fraction of sp³-hybridized carbons (Fsp3) is 0.143. The van der Waals surface area contributed by atoms with E-state index in [0.29, 0.717) is 17.0 Å². The first-order valence-electron chi connectivity index (χ1n) is 8.85. The van der Waals surface area contributed by atoms with Gasteiger partial charge >= 0.3 is 0 Å². The van der Waals surface area contributed by atoms with E-state index in [1.54, 1.807) is 35.7 Å². The van der Waals surface area contributed by atoms with Gasteiger partial charge in [0.15, 0.2) is 0 Å². The summed E-state index contributed by atoms with van der Waals surface area (Å²) in [4.78, 5) is 12.3. The first-order chi connectivity index (χ1) is 13.8. The number of anilines is 1. The molecule has 2 N–H and O–H groups in total. The number of sulfonamides is 1. The van der Waals surface area contributed by atoms with Gasteiger partial charge in [-0.2, -0.15) is 5.10 Å². The summed E-state index contributed by atoms with van der Waals surface area (Å²) < 4.78 is 27.2. The third-order valence-electron chi connectivity index (χ3n) is 4.41. The normalized spacial score (nSPS) is 11.9. The van der Waals surface area contributed by atoms with Crippen molar-refractivity contribution in [2.24, 2.45) is 5.10 Å². The molecule has 0 aliphatic rings. The van der Waals surface area contributed by atoms with Crippen molar-refractivity contribution in [2.45, 2.75) is 25.0 Å². The number of thiophene rings is 1. The van der Waals surface area contributed by atoms with Crippen LogP contribution in [0.4, 0.5) is 5.69 Å². The molecule has 0 saturated carbocycles. The molecule has 0 saturated heterocycles. The Kier molecular flexibility index (Phi) is 6.14. The van der Waals surface area contributed by atoms with Crippen molar-refractivity contribution in [3.05, 3.63) is 82.2 Å². The standard InChI is InChI=1S/C21H21N3O3S2/c1-14-6-7-18(13-15(14)2)16(3)22-23-21(25)17-8-10-19(11-9-17)24-29(26,27)20-5-4-12-28-20/h4-13,24H,1-3H3,(H,23,25)/b22-16+. The number of hydrogen-bond donors (Lipinski definition) is 2. The average molecular weight is 428 g/mol. The second kappa shape index (κ2) is 8.59. The van der Waals surface area contributed by atoms with Gasteiger partial charge in [0.25, 0.3) is 15.9 Å². The lowest BCUT2D eigenvalue weighted by atomic mass is 10.0. The van der Waals surface area contributed by atoms with E-state index in [0.717, 1.165) is 22.5 Å². The molecule has 29 heavy (non-hydrogen) atoms. The van der Waals surface area contributed by atoms with Crippen LogP contribution in [0.15, 0.2) is 69.3 Å². The van der Waals surface area contributed by atoms with Crippen LogP contribution in [0.1, 0.15) is 34.0 Å². The largest absolute Gasteiger partial charge is 0.279 e. The van der Waals surface area contributed by atoms with E-state index < -0.39 is 10.0 Å². The SMILES string of the molecule is C/C(=N\NC(=O)c1ccc(NS(=O)(=O)c2cccs2)cc1)c1ccc(C)c(C)c1. The summed E-state index contributed by atoms with van der Waals surface area (Å²) in [6.45, 7) is 5.89. The smallest absolute Gasteiger partial charge is 0.271 e. The van der Waals surface area contributed by atoms with Crippen LogP contribution < -0.4 is 10.1 Å². The Morgan fingerprint density at radius 1 is 0.966 bits per heavy atom. The zero-order valence-electron chi connectivity index (χ0n) is 16.3. The van der Waals surface area contributed by atoms with Crippen molar-refractivity contribution in [3.63, 3.8) is 0 Å². The van der Waals surface area contributed by atoms with Gasteiger partial charge in [-0.15, -0.1) is 11.3 Å². The Labute approximate surface area is 174 Å². The van der Waals surface area contributed by atoms with Gasteiger partial charge in [0.2, 0.25) is 0 Å². The predicted octanol–water partition coefficient (Wildman–Crippen LogP) is 4.32. The monoisotopic (exact) mass is 427 g/mol. The average Bonchev–Trinajstić information content (AvgIpc) is 3.24. The molecule has 6 nitrogen and oxygen atoms in total. The number of benzene rings is 2. The van der Waals surface area contributed by atoms with Gasteiger partial charge < -0.3 is 0 Å². The molecule has 0 aliphatic carbocycles. The molecule has 0 aliphatic heterocycles. The van der Waals surface area contributed by atoms with Crippen LogP contribution in [0.5, 0.6) is 0 Å². The number of carbonyl (C=O) groups excluding carboxylic acids is 1. The molecule has 1 aromatic heterocycles. The van der Waals surface area contributed by atoms with Crippen molar-refractivity contribution in [3.8, 4) is 0 Å². The molecule has 0 atom stereocenters. The van der Waals surface area contributed by atoms with Gasteiger partial charge in [0, 0.05) is 11.3 Å². The van der Waals surface area contributed by atoms with Crippen LogP contribution in [0.2, 0.25) is 0 Å². The molecule has 2 aromatic carbocycles. The minimum Gasteiger partial charge on any atom is -0.279 e. The topological polar surface area (TPSA) is 87.6 Å². The quantitative estimate of drug-likeness (QED) is 0.454. The molecule has 1 heterocycles. The van der Waals surface area contributed by atoms with E-state index in [2.05, 4.69) is 15.2 Å². The molecule has 0 spiro atoms. The highest BCUT2D eigenvalue weighted by Crippen LogP contribution is 2.20. The molecule has 150 valence electrons. The Morgan fingerprint density at radius 3 is 2.28 bits per heavy atom. The molecule has 8 heteroatoms. The predicted molar refractivity (Wildman–Crippen MR) is 117 cm³/mol. The minimum absolute atomic E-state index is 0.232. The molecular weight excluding hydrogens is 406 g/mol. The zero-order valence-corrected chi connectivity index (χ0v) is 17.9. The van der Waals surface area contributed by atoms with Crippen molar-refractivity contribution in [1.82, 2.24) is 5.43 Å². The van der Waals surface area contributed by atoms with Gasteiger partial charge in [-0.1, -0.05) is 18.2 Å². The summed E-state index contributed by atoms with van der Waals surface area (Å²) >= 11 is 1.14. The van der Waals surface area contributed by atoms with Crippen LogP contribution >= 0.6 is 11.3 Å². The summed E-state index contributed by atoms with van der Waals surface area (Å²) in [5, 5.41) is 5.86. The van der Waals surface area contributed by atoms with Crippen LogP contribution in [0.25, 0.3) is 0 Å². The maximum absolute atomic E-state index is 12.3. The van der Waals surface area contributed by atoms with Crippen molar-refractivity contribution in [2.75, 3.05) is 4.72 Å². The molecule has 3 rings (SSSR count). The number of amides is 1. The highest BCUT2D eigenvalue weighted by atomic mass is 32.2. The van der Waals surface area contributed by atoms with E-state index in [1.165, 1.54) is 11.6 Å². The van der Waals surface area contributed by atoms with E-state index in [9.17, 15) is 13.2 Å². The molecule has 0 unspecified atom stereocenters. The molecule has 0 bridgehead atoms. The zero-order chi connectivity index (χ0) is 21.0. The van der Waals surface area contributed by atoms with Gasteiger partial charge in [0.1, 0.15) is 4.21 Å². The third-order valence-corrected chi connectivity index (χ3v) is 7.19. The lowest BCUT2D eigenvalue weighted by molar-refractivity contribution is 0.0955. The third kappa shape index (κ3) is 5.10. The maximum Gasteiger partial charge on any atom is 0.271 e. The highest BCUT2D eigenvalue weighted by molar-refractivity contribution is 7.94. The summed E-state index contributed by atoms with van der Waals surface area (Å²) in [5.41, 5.74) is 7.27. The molecule has 0 fully saturated rings. The van der Waals surface area contributed by atoms with Crippen LogP contribution in [-0.4, -0.2) is 20.0 Å². The Morgan fingerprint density at radius 2 is 1.66 bits per heavy atom. The Bertz CT molecular complexity index is 1150. The second-order valence-corrected chi connectivity index (χ2v) is 9.41. The first-order valence-corrected chi connectivity index (χ1v) is 11.2. The van der Waals surface area contributed by atoms with Crippen LogP contribution in [0, 0.1) is 13.8 Å². The lowest BCUT2D eigenvalue weighted by Crippen LogP contribution is -2.19. The number of nitrogens with one attached hydrogen (secondary N) is 2. The fourth-order valence-corrected chi connectivity index (χ4v) is 4.59. The van der Waals surface area contributed by atoms with Gasteiger partial charge in [-0.25, -0.2) is 13.8 Å². The van der Waals surface area contributed by atoms with Crippen LogP contribution in [-0.2, 0) is 10.0 Å². The second-order valence-electron chi connectivity index (χ2n) is 6.55. The van der Waals surface area contributed by atoms with E-state index >= 15 is 0 Å². The summed E-state index contributed by atoms with van der Waals surface area (Å²) in [7, 11) is -3.62. The molecule has 3 aromatic rings. The van der Waals surface area contributed by atoms with Crippen LogP contribution in [0.3, 0.4) is 0 Å². The summed E-state index contributed by atoms with van der Waals surface area (Å²) in [5.74, 6) is -0.374. The number of carbonyl (C=O) groups is 1. The van der Waals surface area contributed by atoms with Crippen molar-refractivity contribution >= 4 is 38.7 Å². The number of hydrazone groups is 1. The summed E-state index contributed by atoms with van der Waals surface area (Å²) in [6, 6.07) is 15.4. The van der Waals surface area contributed by atoms with Crippen molar-refractivity contribution in [1.29, 1.82) is 0 Å².